The van der Waals surface area contributed by atoms with Crippen molar-refractivity contribution in [2.45, 2.75) is 19.8 Å². The first-order chi connectivity index (χ1) is 9.08. The molecule has 0 N–H and O–H groups in total. The Bertz CT molecular complexity index is 689. The molecule has 1 atom stereocenters. The van der Waals surface area contributed by atoms with E-state index in [1.807, 2.05) is 18.2 Å². The molecular weight excluding hydrogens is 244 g/mol. The summed E-state index contributed by atoms with van der Waals surface area (Å²) in [6.07, 6.45) is 2.85. The third-order valence-corrected chi connectivity index (χ3v) is 3.84. The summed E-state index contributed by atoms with van der Waals surface area (Å²) in [7, 11) is 1.31. The number of pyridine rings is 1. The van der Waals surface area contributed by atoms with Gasteiger partial charge in [-0.05, 0) is 31.9 Å². The second-order valence-electron chi connectivity index (χ2n) is 5.00. The Kier molecular flexibility index (Phi) is 2.45. The van der Waals surface area contributed by atoms with Crippen LogP contribution in [0.15, 0.2) is 24.4 Å². The average molecular weight is 258 g/mol. The van der Waals surface area contributed by atoms with Crippen LogP contribution in [0.4, 0.5) is 0 Å². The molecule has 0 spiro atoms. The second-order valence-corrected chi connectivity index (χ2v) is 5.00. The predicted molar refractivity (Wildman–Crippen MR) is 68.0 cm³/mol. The normalized spacial score (nSPS) is 22.3. The lowest BCUT2D eigenvalue weighted by atomic mass is 9.73. The zero-order valence-electron chi connectivity index (χ0n) is 10.8. The molecule has 0 aliphatic heterocycles. The SMILES string of the molecule is COC(=O)C1(C)CCc2nn3ccccc3c2C1=O. The Hall–Kier alpha value is -2.17. The van der Waals surface area contributed by atoms with Gasteiger partial charge in [-0.3, -0.25) is 9.59 Å². The van der Waals surface area contributed by atoms with Crippen LogP contribution in [0.3, 0.4) is 0 Å². The molecule has 0 aromatic carbocycles. The van der Waals surface area contributed by atoms with Gasteiger partial charge in [-0.25, -0.2) is 4.52 Å². The predicted octanol–water partition coefficient (Wildman–Crippen LogP) is 1.64. The largest absolute Gasteiger partial charge is 0.468 e. The summed E-state index contributed by atoms with van der Waals surface area (Å²) in [4.78, 5) is 24.6. The van der Waals surface area contributed by atoms with Crippen molar-refractivity contribution in [1.82, 2.24) is 9.61 Å². The van der Waals surface area contributed by atoms with E-state index in [0.29, 0.717) is 18.4 Å². The summed E-state index contributed by atoms with van der Waals surface area (Å²) in [5.41, 5.74) is 0.968. The molecule has 5 nitrogen and oxygen atoms in total. The monoisotopic (exact) mass is 258 g/mol. The van der Waals surface area contributed by atoms with E-state index in [1.54, 1.807) is 17.6 Å². The standard InChI is InChI=1S/C14H14N2O3/c1-14(13(18)19-2)7-6-9-11(12(14)17)10-5-3-4-8-16(10)15-9/h3-5,8H,6-7H2,1-2H3. The minimum atomic E-state index is -1.10. The number of rotatable bonds is 1. The van der Waals surface area contributed by atoms with Gasteiger partial charge in [-0.1, -0.05) is 6.07 Å². The molecule has 19 heavy (non-hydrogen) atoms. The van der Waals surface area contributed by atoms with Gasteiger partial charge in [0.2, 0.25) is 0 Å². The smallest absolute Gasteiger partial charge is 0.319 e. The van der Waals surface area contributed by atoms with E-state index in [9.17, 15) is 9.59 Å². The van der Waals surface area contributed by atoms with Crippen LogP contribution in [0.5, 0.6) is 0 Å². The highest BCUT2D eigenvalue weighted by atomic mass is 16.5. The number of nitrogens with zero attached hydrogens (tertiary/aromatic N) is 2. The quantitative estimate of drug-likeness (QED) is 0.576. The van der Waals surface area contributed by atoms with Crippen LogP contribution >= 0.6 is 0 Å². The first kappa shape index (κ1) is 11.9. The summed E-state index contributed by atoms with van der Waals surface area (Å²) in [5, 5.41) is 4.40. The number of hydrogen-bond donors (Lipinski definition) is 0. The van der Waals surface area contributed by atoms with Crippen LogP contribution in [-0.2, 0) is 16.0 Å². The topological polar surface area (TPSA) is 60.7 Å². The summed E-state index contributed by atoms with van der Waals surface area (Å²) in [6, 6.07) is 5.55. The van der Waals surface area contributed by atoms with Gasteiger partial charge in [0.1, 0.15) is 5.41 Å². The Labute approximate surface area is 110 Å². The number of esters is 1. The van der Waals surface area contributed by atoms with Crippen molar-refractivity contribution < 1.29 is 14.3 Å². The molecule has 2 aromatic rings. The van der Waals surface area contributed by atoms with E-state index in [2.05, 4.69) is 5.10 Å². The third-order valence-electron chi connectivity index (χ3n) is 3.84. The molecule has 0 amide bonds. The van der Waals surface area contributed by atoms with E-state index in [1.165, 1.54) is 7.11 Å². The van der Waals surface area contributed by atoms with Crippen LogP contribution in [-0.4, -0.2) is 28.5 Å². The van der Waals surface area contributed by atoms with E-state index >= 15 is 0 Å². The number of methoxy groups -OCH3 is 1. The maximum absolute atomic E-state index is 12.7. The Balaban J connectivity index is 2.20. The number of fused-ring (bicyclic) bond motifs is 3. The number of Topliss-reactive ketones (excluding diaryl/α,β-unsaturated/α-hetero) is 1. The Morgan fingerprint density at radius 3 is 3.00 bits per heavy atom. The van der Waals surface area contributed by atoms with E-state index < -0.39 is 11.4 Å². The number of ketones is 1. The number of hydrogen-bond acceptors (Lipinski definition) is 4. The highest BCUT2D eigenvalue weighted by molar-refractivity contribution is 6.16. The average Bonchev–Trinajstić information content (AvgIpc) is 2.81. The third kappa shape index (κ3) is 1.51. The highest BCUT2D eigenvalue weighted by Crippen LogP contribution is 2.37. The fraction of sp³-hybridized carbons (Fsp3) is 0.357. The molecule has 0 radical (unpaired) electrons. The van der Waals surface area contributed by atoms with E-state index in [0.717, 1.165) is 11.2 Å². The lowest BCUT2D eigenvalue weighted by Gasteiger charge is -2.28. The van der Waals surface area contributed by atoms with Gasteiger partial charge in [0.15, 0.2) is 5.78 Å². The van der Waals surface area contributed by atoms with Gasteiger partial charge in [0, 0.05) is 6.20 Å². The number of aryl methyl sites for hydroxylation is 1. The molecule has 98 valence electrons. The first-order valence-electron chi connectivity index (χ1n) is 6.17. The van der Waals surface area contributed by atoms with Crippen LogP contribution in [0, 0.1) is 5.41 Å². The highest BCUT2D eigenvalue weighted by Gasteiger charge is 2.47. The molecule has 1 aliphatic rings. The number of aromatic nitrogens is 2. The second kappa shape index (κ2) is 3.91. The van der Waals surface area contributed by atoms with Crippen molar-refractivity contribution in [1.29, 1.82) is 0 Å². The lowest BCUT2D eigenvalue weighted by molar-refractivity contribution is -0.149. The van der Waals surface area contributed by atoms with Crippen molar-refractivity contribution >= 4 is 17.3 Å². The van der Waals surface area contributed by atoms with Gasteiger partial charge in [-0.2, -0.15) is 5.10 Å². The van der Waals surface area contributed by atoms with Gasteiger partial charge in [0.25, 0.3) is 0 Å². The summed E-state index contributed by atoms with van der Waals surface area (Å²) in [5.74, 6) is -0.666. The van der Waals surface area contributed by atoms with Crippen molar-refractivity contribution in [3.05, 3.63) is 35.7 Å². The van der Waals surface area contributed by atoms with Crippen LogP contribution in [0.25, 0.3) is 5.52 Å². The van der Waals surface area contributed by atoms with Crippen molar-refractivity contribution in [2.24, 2.45) is 5.41 Å². The molecule has 2 aromatic heterocycles. The molecule has 2 heterocycles. The molecule has 3 rings (SSSR count). The van der Waals surface area contributed by atoms with Crippen molar-refractivity contribution in [2.75, 3.05) is 7.11 Å². The molecular formula is C14H14N2O3. The molecule has 0 saturated carbocycles. The summed E-state index contributed by atoms with van der Waals surface area (Å²) in [6.45, 7) is 1.65. The van der Waals surface area contributed by atoms with E-state index in [4.69, 9.17) is 4.74 Å². The zero-order valence-corrected chi connectivity index (χ0v) is 10.8. The fourth-order valence-electron chi connectivity index (χ4n) is 2.65. The number of carbonyl (C=O) groups is 2. The molecule has 1 unspecified atom stereocenters. The maximum atomic E-state index is 12.7. The van der Waals surface area contributed by atoms with Crippen molar-refractivity contribution in [3.8, 4) is 0 Å². The summed E-state index contributed by atoms with van der Waals surface area (Å²) >= 11 is 0. The Morgan fingerprint density at radius 1 is 1.47 bits per heavy atom. The maximum Gasteiger partial charge on any atom is 0.319 e. The first-order valence-corrected chi connectivity index (χ1v) is 6.17. The van der Waals surface area contributed by atoms with Crippen LogP contribution < -0.4 is 0 Å². The fourth-order valence-corrected chi connectivity index (χ4v) is 2.65. The van der Waals surface area contributed by atoms with Crippen LogP contribution in [0.1, 0.15) is 29.4 Å². The number of ether oxygens (including phenoxy) is 1. The molecule has 1 aliphatic carbocycles. The Morgan fingerprint density at radius 2 is 2.26 bits per heavy atom. The van der Waals surface area contributed by atoms with Gasteiger partial charge in [0.05, 0.1) is 23.9 Å². The molecule has 0 bridgehead atoms. The van der Waals surface area contributed by atoms with Gasteiger partial charge < -0.3 is 4.74 Å². The molecule has 0 saturated heterocycles. The lowest BCUT2D eigenvalue weighted by Crippen LogP contribution is -2.41. The molecule has 5 heteroatoms. The van der Waals surface area contributed by atoms with Gasteiger partial charge >= 0.3 is 5.97 Å². The van der Waals surface area contributed by atoms with Crippen LogP contribution in [0.2, 0.25) is 0 Å². The van der Waals surface area contributed by atoms with E-state index in [-0.39, 0.29) is 5.78 Å². The van der Waals surface area contributed by atoms with Crippen molar-refractivity contribution in [3.63, 3.8) is 0 Å². The molecule has 0 fully saturated rings. The zero-order chi connectivity index (χ0) is 13.6. The van der Waals surface area contributed by atoms with Gasteiger partial charge in [-0.15, -0.1) is 0 Å². The summed E-state index contributed by atoms with van der Waals surface area (Å²) < 4.78 is 6.47. The minimum Gasteiger partial charge on any atom is -0.468 e. The number of carbonyl (C=O) groups excluding carboxylic acids is 2. The minimum absolute atomic E-state index is 0.193.